The number of hydrogen-bond acceptors (Lipinski definition) is 3. The van der Waals surface area contributed by atoms with Crippen molar-refractivity contribution in [2.24, 2.45) is 0 Å². The normalized spacial score (nSPS) is 11.2. The lowest BCUT2D eigenvalue weighted by Gasteiger charge is -2.07. The summed E-state index contributed by atoms with van der Waals surface area (Å²) in [5.41, 5.74) is 0.283. The van der Waals surface area contributed by atoms with E-state index in [4.69, 9.17) is 5.11 Å². The minimum Gasteiger partial charge on any atom is -0.478 e. The molecule has 0 bridgehead atoms. The molecular weight excluding hydrogens is 344 g/mol. The smallest absolute Gasteiger partial charge is 0.335 e. The number of sulfone groups is 1. The van der Waals surface area contributed by atoms with Crippen molar-refractivity contribution in [2.45, 2.75) is 10.6 Å². The molecule has 0 atom stereocenters. The number of carbonyl (C=O) groups is 1. The van der Waals surface area contributed by atoms with Crippen LogP contribution in [0.25, 0.3) is 0 Å². The molecule has 2 rings (SSSR count). The summed E-state index contributed by atoms with van der Waals surface area (Å²) in [5.74, 6) is -1.48. The summed E-state index contributed by atoms with van der Waals surface area (Å²) in [6.07, 6.45) is 0. The molecule has 1 N–H and O–H groups in total. The number of aromatic carboxylic acids is 1. The van der Waals surface area contributed by atoms with Gasteiger partial charge in [0.05, 0.1) is 16.2 Å². The van der Waals surface area contributed by atoms with Crippen LogP contribution in [0.15, 0.2) is 57.9 Å². The second-order valence-electron chi connectivity index (χ2n) is 4.18. The van der Waals surface area contributed by atoms with Crippen molar-refractivity contribution in [3.63, 3.8) is 0 Å². The highest BCUT2D eigenvalue weighted by atomic mass is 79.9. The molecule has 0 radical (unpaired) electrons. The van der Waals surface area contributed by atoms with Gasteiger partial charge in [0.15, 0.2) is 9.84 Å². The van der Waals surface area contributed by atoms with Gasteiger partial charge in [-0.2, -0.15) is 0 Å². The highest BCUT2D eigenvalue weighted by molar-refractivity contribution is 9.10. The first-order chi connectivity index (χ1) is 9.40. The summed E-state index contributed by atoms with van der Waals surface area (Å²) in [4.78, 5) is 11.3. The Morgan fingerprint density at radius 1 is 1.10 bits per heavy atom. The van der Waals surface area contributed by atoms with Gasteiger partial charge in [0.2, 0.25) is 0 Å². The van der Waals surface area contributed by atoms with Crippen LogP contribution in [0, 0.1) is 0 Å². The van der Waals surface area contributed by atoms with E-state index in [2.05, 4.69) is 15.9 Å². The molecule has 0 aliphatic carbocycles. The number of carboxylic acids is 1. The monoisotopic (exact) mass is 354 g/mol. The van der Waals surface area contributed by atoms with Gasteiger partial charge in [-0.05, 0) is 29.8 Å². The summed E-state index contributed by atoms with van der Waals surface area (Å²) >= 11 is 3.22. The van der Waals surface area contributed by atoms with Crippen molar-refractivity contribution in [3.05, 3.63) is 64.1 Å². The Kier molecular flexibility index (Phi) is 4.25. The van der Waals surface area contributed by atoms with Gasteiger partial charge in [0, 0.05) is 4.47 Å². The molecule has 6 heteroatoms. The molecule has 4 nitrogen and oxygen atoms in total. The Morgan fingerprint density at radius 2 is 1.80 bits per heavy atom. The van der Waals surface area contributed by atoms with Gasteiger partial charge >= 0.3 is 5.97 Å². The number of benzene rings is 2. The van der Waals surface area contributed by atoms with Crippen LogP contribution in [0.4, 0.5) is 0 Å². The Bertz CT molecular complexity index is 753. The van der Waals surface area contributed by atoms with E-state index in [9.17, 15) is 13.2 Å². The summed E-state index contributed by atoms with van der Waals surface area (Å²) in [6, 6.07) is 12.4. The van der Waals surface area contributed by atoms with Crippen LogP contribution in [0.3, 0.4) is 0 Å². The van der Waals surface area contributed by atoms with Crippen LogP contribution in [-0.2, 0) is 15.6 Å². The summed E-state index contributed by atoms with van der Waals surface area (Å²) < 4.78 is 25.3. The average Bonchev–Trinajstić information content (AvgIpc) is 2.38. The zero-order valence-corrected chi connectivity index (χ0v) is 12.7. The second kappa shape index (κ2) is 5.76. The van der Waals surface area contributed by atoms with Crippen molar-refractivity contribution >= 4 is 31.7 Å². The van der Waals surface area contributed by atoms with Gasteiger partial charge in [-0.1, -0.05) is 40.2 Å². The van der Waals surface area contributed by atoms with Gasteiger partial charge in [0.1, 0.15) is 0 Å². The molecule has 0 aliphatic heterocycles. The number of hydrogen-bond donors (Lipinski definition) is 1. The van der Waals surface area contributed by atoms with Crippen molar-refractivity contribution < 1.29 is 18.3 Å². The fourth-order valence-corrected chi connectivity index (χ4v) is 3.77. The van der Waals surface area contributed by atoms with E-state index in [0.29, 0.717) is 4.47 Å². The average molecular weight is 355 g/mol. The zero-order valence-electron chi connectivity index (χ0n) is 10.3. The Labute approximate surface area is 125 Å². The molecule has 0 amide bonds. The third kappa shape index (κ3) is 3.26. The largest absolute Gasteiger partial charge is 0.478 e. The van der Waals surface area contributed by atoms with Crippen LogP contribution in [-0.4, -0.2) is 19.5 Å². The van der Waals surface area contributed by atoms with Crippen molar-refractivity contribution in [3.8, 4) is 0 Å². The minimum atomic E-state index is -3.59. The Morgan fingerprint density at radius 3 is 2.45 bits per heavy atom. The van der Waals surface area contributed by atoms with E-state index in [1.54, 1.807) is 24.3 Å². The first-order valence-corrected chi connectivity index (χ1v) is 8.14. The van der Waals surface area contributed by atoms with Gasteiger partial charge in [0.25, 0.3) is 0 Å². The number of halogens is 1. The molecule has 2 aromatic carbocycles. The molecule has 104 valence electrons. The van der Waals surface area contributed by atoms with E-state index >= 15 is 0 Å². The molecule has 0 fully saturated rings. The van der Waals surface area contributed by atoms with Crippen molar-refractivity contribution in [1.82, 2.24) is 0 Å². The van der Waals surface area contributed by atoms with Crippen molar-refractivity contribution in [2.75, 3.05) is 0 Å². The topological polar surface area (TPSA) is 71.4 Å². The standard InChI is InChI=1S/C14H11BrO4S/c15-11-5-3-6-12(8-11)20(18,19)9-10-4-1-2-7-13(10)14(16)17/h1-8H,9H2,(H,16,17). The van der Waals surface area contributed by atoms with E-state index in [-0.39, 0.29) is 21.8 Å². The lowest BCUT2D eigenvalue weighted by atomic mass is 10.1. The molecule has 0 saturated carbocycles. The maximum absolute atomic E-state index is 12.3. The lowest BCUT2D eigenvalue weighted by Crippen LogP contribution is -2.09. The fraction of sp³-hybridized carbons (Fsp3) is 0.0714. The molecular formula is C14H11BrO4S. The lowest BCUT2D eigenvalue weighted by molar-refractivity contribution is 0.0696. The predicted octanol–water partition coefficient (Wildman–Crippen LogP) is 3.12. The second-order valence-corrected chi connectivity index (χ2v) is 7.08. The Balaban J connectivity index is 2.41. The zero-order chi connectivity index (χ0) is 14.8. The van der Waals surface area contributed by atoms with Crippen molar-refractivity contribution in [1.29, 1.82) is 0 Å². The van der Waals surface area contributed by atoms with Crippen LogP contribution in [0.1, 0.15) is 15.9 Å². The number of carboxylic acid groups (broad SMARTS) is 1. The minimum absolute atomic E-state index is 0.00562. The molecule has 2 aromatic rings. The molecule has 0 saturated heterocycles. The Hall–Kier alpha value is -1.66. The summed E-state index contributed by atoms with van der Waals surface area (Å²) in [5, 5.41) is 9.07. The van der Waals surface area contributed by atoms with Gasteiger partial charge < -0.3 is 5.11 Å². The van der Waals surface area contributed by atoms with Crippen LogP contribution in [0.2, 0.25) is 0 Å². The first-order valence-electron chi connectivity index (χ1n) is 5.70. The first kappa shape index (κ1) is 14.7. The predicted molar refractivity (Wildman–Crippen MR) is 78.4 cm³/mol. The number of rotatable bonds is 4. The quantitative estimate of drug-likeness (QED) is 0.915. The fourth-order valence-electron chi connectivity index (χ4n) is 1.80. The summed E-state index contributed by atoms with van der Waals surface area (Å²) in [6.45, 7) is 0. The SMILES string of the molecule is O=C(O)c1ccccc1CS(=O)(=O)c1cccc(Br)c1. The van der Waals surface area contributed by atoms with E-state index in [0.717, 1.165) is 0 Å². The van der Waals surface area contributed by atoms with Gasteiger partial charge in [-0.25, -0.2) is 13.2 Å². The van der Waals surface area contributed by atoms with E-state index in [1.807, 2.05) is 0 Å². The molecule has 0 unspecified atom stereocenters. The third-order valence-electron chi connectivity index (χ3n) is 2.75. The maximum Gasteiger partial charge on any atom is 0.335 e. The molecule has 0 aromatic heterocycles. The van der Waals surface area contributed by atoms with E-state index < -0.39 is 15.8 Å². The maximum atomic E-state index is 12.3. The summed E-state index contributed by atoms with van der Waals surface area (Å²) in [7, 11) is -3.59. The highest BCUT2D eigenvalue weighted by Crippen LogP contribution is 2.21. The molecule has 0 aliphatic rings. The molecule has 0 spiro atoms. The van der Waals surface area contributed by atoms with Crippen LogP contribution in [0.5, 0.6) is 0 Å². The van der Waals surface area contributed by atoms with Crippen LogP contribution >= 0.6 is 15.9 Å². The van der Waals surface area contributed by atoms with E-state index in [1.165, 1.54) is 24.3 Å². The molecule has 0 heterocycles. The van der Waals surface area contributed by atoms with Gasteiger partial charge in [-0.15, -0.1) is 0 Å². The third-order valence-corrected chi connectivity index (χ3v) is 4.90. The molecule has 20 heavy (non-hydrogen) atoms. The van der Waals surface area contributed by atoms with Gasteiger partial charge in [-0.3, -0.25) is 0 Å². The highest BCUT2D eigenvalue weighted by Gasteiger charge is 2.19. The van der Waals surface area contributed by atoms with Crippen LogP contribution < -0.4 is 0 Å².